The molecule has 1 saturated heterocycles. The van der Waals surface area contributed by atoms with Crippen molar-refractivity contribution in [1.29, 1.82) is 0 Å². The molecule has 5 heteroatoms. The van der Waals surface area contributed by atoms with Crippen molar-refractivity contribution in [2.24, 2.45) is 5.92 Å². The number of amides is 1. The fraction of sp³-hybridized carbons (Fsp3) is 0.833. The van der Waals surface area contributed by atoms with E-state index in [1.165, 1.54) is 0 Å². The van der Waals surface area contributed by atoms with E-state index in [2.05, 4.69) is 5.32 Å². The Morgan fingerprint density at radius 1 is 1.53 bits per heavy atom. The summed E-state index contributed by atoms with van der Waals surface area (Å²) < 4.78 is 0. The Kier molecular flexibility index (Phi) is 4.51. The van der Waals surface area contributed by atoms with Crippen LogP contribution in [-0.4, -0.2) is 47.1 Å². The molecule has 1 aliphatic heterocycles. The molecule has 0 aromatic rings. The van der Waals surface area contributed by atoms with Crippen LogP contribution in [-0.2, 0) is 9.59 Å². The highest BCUT2D eigenvalue weighted by Crippen LogP contribution is 2.25. The third-order valence-electron chi connectivity index (χ3n) is 3.28. The molecular weight excluding hydrogens is 220 g/mol. The Labute approximate surface area is 102 Å². The van der Waals surface area contributed by atoms with Gasteiger partial charge in [-0.15, -0.1) is 0 Å². The van der Waals surface area contributed by atoms with Gasteiger partial charge < -0.3 is 10.4 Å². The number of carbonyl (C=O) groups excluding carboxylic acids is 1. The van der Waals surface area contributed by atoms with Gasteiger partial charge in [-0.1, -0.05) is 13.8 Å². The van der Waals surface area contributed by atoms with Crippen LogP contribution in [0.2, 0.25) is 0 Å². The lowest BCUT2D eigenvalue weighted by Crippen LogP contribution is -2.54. The minimum atomic E-state index is -0.875. The molecule has 0 spiro atoms. The molecule has 1 heterocycles. The quantitative estimate of drug-likeness (QED) is 0.761. The minimum absolute atomic E-state index is 0.00443. The van der Waals surface area contributed by atoms with E-state index >= 15 is 0 Å². The first kappa shape index (κ1) is 14.0. The lowest BCUT2D eigenvalue weighted by molar-refractivity contribution is -0.151. The smallest absolute Gasteiger partial charge is 0.323 e. The molecule has 1 fully saturated rings. The number of rotatable bonds is 4. The van der Waals surface area contributed by atoms with Crippen LogP contribution in [0, 0.1) is 5.92 Å². The summed E-state index contributed by atoms with van der Waals surface area (Å²) in [5.74, 6) is -0.492. The highest BCUT2D eigenvalue weighted by molar-refractivity contribution is 5.79. The Morgan fingerprint density at radius 3 is 2.71 bits per heavy atom. The highest BCUT2D eigenvalue weighted by atomic mass is 16.4. The Hall–Kier alpha value is -1.10. The number of hydrogen-bond acceptors (Lipinski definition) is 3. The van der Waals surface area contributed by atoms with Gasteiger partial charge in [0.05, 0.1) is 0 Å². The second-order valence-corrected chi connectivity index (χ2v) is 5.26. The lowest BCUT2D eigenvalue weighted by atomic mass is 9.88. The topological polar surface area (TPSA) is 69.6 Å². The van der Waals surface area contributed by atoms with Crippen molar-refractivity contribution >= 4 is 11.9 Å². The molecule has 0 bridgehead atoms. The molecule has 5 nitrogen and oxygen atoms in total. The van der Waals surface area contributed by atoms with Crippen LogP contribution < -0.4 is 5.32 Å². The van der Waals surface area contributed by atoms with E-state index in [9.17, 15) is 14.7 Å². The number of carbonyl (C=O) groups is 2. The molecule has 98 valence electrons. The number of nitrogens with zero attached hydrogens (tertiary/aromatic N) is 1. The zero-order valence-corrected chi connectivity index (χ0v) is 10.8. The summed E-state index contributed by atoms with van der Waals surface area (Å²) >= 11 is 0. The standard InChI is InChI=1S/C12H22N2O3/c1-9(2)8-12(3,11(16)17)14-6-4-10(15)13-5-7-14/h9H,4-8H2,1-3H3,(H,13,15)(H,16,17). The van der Waals surface area contributed by atoms with Crippen molar-refractivity contribution in [3.05, 3.63) is 0 Å². The molecule has 1 aliphatic rings. The normalized spacial score (nSPS) is 21.8. The van der Waals surface area contributed by atoms with Crippen LogP contribution in [0.4, 0.5) is 0 Å². The van der Waals surface area contributed by atoms with E-state index in [1.807, 2.05) is 18.7 Å². The van der Waals surface area contributed by atoms with Gasteiger partial charge in [0.2, 0.25) is 5.91 Å². The van der Waals surface area contributed by atoms with Gasteiger partial charge in [-0.25, -0.2) is 0 Å². The van der Waals surface area contributed by atoms with Gasteiger partial charge in [0.25, 0.3) is 0 Å². The predicted octanol–water partition coefficient (Wildman–Crippen LogP) is 0.698. The van der Waals surface area contributed by atoms with Gasteiger partial charge in [-0.05, 0) is 19.3 Å². The molecule has 17 heavy (non-hydrogen) atoms. The maximum atomic E-state index is 11.5. The minimum Gasteiger partial charge on any atom is -0.480 e. The van der Waals surface area contributed by atoms with Crippen LogP contribution in [0.3, 0.4) is 0 Å². The van der Waals surface area contributed by atoms with E-state index in [0.717, 1.165) is 0 Å². The van der Waals surface area contributed by atoms with Gasteiger partial charge in [-0.2, -0.15) is 0 Å². The van der Waals surface area contributed by atoms with Crippen LogP contribution in [0.25, 0.3) is 0 Å². The molecule has 0 aliphatic carbocycles. The maximum absolute atomic E-state index is 11.5. The number of aliphatic carboxylic acids is 1. The molecule has 0 radical (unpaired) electrons. The number of carboxylic acids is 1. The predicted molar refractivity (Wildman–Crippen MR) is 64.7 cm³/mol. The zero-order valence-electron chi connectivity index (χ0n) is 10.8. The summed E-state index contributed by atoms with van der Waals surface area (Å²) in [5, 5.41) is 12.2. The number of carboxylic acid groups (broad SMARTS) is 1. The van der Waals surface area contributed by atoms with E-state index in [0.29, 0.717) is 38.4 Å². The largest absolute Gasteiger partial charge is 0.480 e. The molecule has 0 saturated carbocycles. The van der Waals surface area contributed by atoms with Crippen LogP contribution in [0.1, 0.15) is 33.6 Å². The third-order valence-corrected chi connectivity index (χ3v) is 3.28. The second-order valence-electron chi connectivity index (χ2n) is 5.26. The summed E-state index contributed by atoms with van der Waals surface area (Å²) in [6.07, 6.45) is 0.970. The summed E-state index contributed by atoms with van der Waals surface area (Å²) in [6, 6.07) is 0. The van der Waals surface area contributed by atoms with Crippen molar-refractivity contribution in [2.45, 2.75) is 39.2 Å². The van der Waals surface area contributed by atoms with E-state index in [1.54, 1.807) is 6.92 Å². The van der Waals surface area contributed by atoms with E-state index in [-0.39, 0.29) is 5.91 Å². The highest BCUT2D eigenvalue weighted by Gasteiger charge is 2.40. The molecule has 1 unspecified atom stereocenters. The number of hydrogen-bond donors (Lipinski definition) is 2. The first-order valence-corrected chi connectivity index (χ1v) is 6.11. The molecular formula is C12H22N2O3. The number of nitrogens with one attached hydrogen (secondary N) is 1. The van der Waals surface area contributed by atoms with Crippen molar-refractivity contribution in [3.8, 4) is 0 Å². The van der Waals surface area contributed by atoms with Gasteiger partial charge in [0.1, 0.15) is 5.54 Å². The fourth-order valence-corrected chi connectivity index (χ4v) is 2.41. The monoisotopic (exact) mass is 242 g/mol. The molecule has 1 amide bonds. The third kappa shape index (κ3) is 3.43. The van der Waals surface area contributed by atoms with Crippen LogP contribution in [0.5, 0.6) is 0 Å². The molecule has 0 aromatic heterocycles. The van der Waals surface area contributed by atoms with Crippen molar-refractivity contribution < 1.29 is 14.7 Å². The van der Waals surface area contributed by atoms with Gasteiger partial charge in [0, 0.05) is 26.1 Å². The average molecular weight is 242 g/mol. The first-order chi connectivity index (χ1) is 7.86. The fourth-order valence-electron chi connectivity index (χ4n) is 2.41. The Bertz CT molecular complexity index is 304. The summed E-state index contributed by atoms with van der Waals surface area (Å²) in [7, 11) is 0. The summed E-state index contributed by atoms with van der Waals surface area (Å²) in [4.78, 5) is 24.7. The van der Waals surface area contributed by atoms with Crippen LogP contribution in [0.15, 0.2) is 0 Å². The average Bonchev–Trinajstić information content (AvgIpc) is 2.41. The van der Waals surface area contributed by atoms with Crippen molar-refractivity contribution in [2.75, 3.05) is 19.6 Å². The Balaban J connectivity index is 2.82. The maximum Gasteiger partial charge on any atom is 0.323 e. The summed E-state index contributed by atoms with van der Waals surface area (Å²) in [6.45, 7) is 7.43. The molecule has 1 atom stereocenters. The zero-order chi connectivity index (χ0) is 13.1. The van der Waals surface area contributed by atoms with E-state index < -0.39 is 11.5 Å². The molecule has 1 rings (SSSR count). The second kappa shape index (κ2) is 5.49. The summed E-state index contributed by atoms with van der Waals surface area (Å²) in [5.41, 5.74) is -0.875. The van der Waals surface area contributed by atoms with Gasteiger partial charge >= 0.3 is 5.97 Å². The van der Waals surface area contributed by atoms with Crippen LogP contribution >= 0.6 is 0 Å². The lowest BCUT2D eigenvalue weighted by Gasteiger charge is -2.38. The van der Waals surface area contributed by atoms with Crippen molar-refractivity contribution in [1.82, 2.24) is 10.2 Å². The van der Waals surface area contributed by atoms with Gasteiger partial charge in [-0.3, -0.25) is 14.5 Å². The van der Waals surface area contributed by atoms with Crippen molar-refractivity contribution in [3.63, 3.8) is 0 Å². The van der Waals surface area contributed by atoms with E-state index in [4.69, 9.17) is 0 Å². The molecule has 0 aromatic carbocycles. The molecule has 2 N–H and O–H groups in total. The first-order valence-electron chi connectivity index (χ1n) is 6.11. The Morgan fingerprint density at radius 2 is 2.18 bits per heavy atom. The SMILES string of the molecule is CC(C)CC(C)(C(=O)O)N1CCNC(=O)CC1. The van der Waals surface area contributed by atoms with Gasteiger partial charge in [0.15, 0.2) is 0 Å².